The number of hydrogen-bond acceptors (Lipinski definition) is 6. The van der Waals surface area contributed by atoms with Crippen molar-refractivity contribution in [2.45, 2.75) is 348 Å². The van der Waals surface area contributed by atoms with Crippen LogP contribution >= 0.6 is 0 Å². The third-order valence-electron chi connectivity index (χ3n) is 14.0. The molecule has 406 valence electrons. The van der Waals surface area contributed by atoms with Gasteiger partial charge in [0.2, 0.25) is 0 Å². The van der Waals surface area contributed by atoms with Gasteiger partial charge in [0.15, 0.2) is 6.10 Å². The molecule has 0 aliphatic rings. The van der Waals surface area contributed by atoms with E-state index < -0.39 is 6.10 Å². The third-order valence-corrected chi connectivity index (χ3v) is 14.0. The predicted molar refractivity (Wildman–Crippen MR) is 298 cm³/mol. The summed E-state index contributed by atoms with van der Waals surface area (Å²) in [5.41, 5.74) is 0. The number of allylic oxidation sites excluding steroid dienone is 4. The molecule has 0 fully saturated rings. The second-order valence-corrected chi connectivity index (χ2v) is 21.0. The SMILES string of the molecule is CCCCCCC/C=C\C/C=C\CCCCCCCCCCCCCCCC(=O)OCC(COC(=O)CCCCCCCCC)OC(=O)CCCCCCCCCCCCCCCCCCCCC. The van der Waals surface area contributed by atoms with Crippen molar-refractivity contribution in [3.8, 4) is 0 Å². The quantitative estimate of drug-likeness (QED) is 0.0261. The van der Waals surface area contributed by atoms with Gasteiger partial charge in [-0.25, -0.2) is 0 Å². The number of ether oxygens (including phenoxy) is 3. The van der Waals surface area contributed by atoms with E-state index in [1.165, 1.54) is 238 Å². The fraction of sp³-hybridized carbons (Fsp3) is 0.889. The predicted octanol–water partition coefficient (Wildman–Crippen LogP) is 20.7. The van der Waals surface area contributed by atoms with E-state index in [0.29, 0.717) is 19.3 Å². The summed E-state index contributed by atoms with van der Waals surface area (Å²) in [7, 11) is 0. The van der Waals surface area contributed by atoms with Crippen LogP contribution in [0.25, 0.3) is 0 Å². The summed E-state index contributed by atoms with van der Waals surface area (Å²) < 4.78 is 16.8. The average molecular weight is 972 g/mol. The van der Waals surface area contributed by atoms with E-state index in [2.05, 4.69) is 45.1 Å². The highest BCUT2D eigenvalue weighted by Gasteiger charge is 2.19. The standard InChI is InChI=1S/C63H118O6/c1-4-7-10-13-16-18-20-22-24-26-28-29-30-31-32-33-35-36-38-40-42-44-47-50-53-56-62(65)68-59-60(58-67-61(64)55-52-49-46-15-12-9-6-3)69-63(66)57-54-51-48-45-43-41-39-37-34-27-25-23-21-19-17-14-11-8-5-2/h20,22,26,28,60H,4-19,21,23-25,27,29-59H2,1-3H3/b22-20-,28-26-. The molecule has 1 unspecified atom stereocenters. The van der Waals surface area contributed by atoms with Crippen molar-refractivity contribution in [3.05, 3.63) is 24.3 Å². The van der Waals surface area contributed by atoms with Crippen molar-refractivity contribution in [2.24, 2.45) is 0 Å². The summed E-state index contributed by atoms with van der Waals surface area (Å²) in [6.07, 6.45) is 69.2. The molecule has 0 aromatic rings. The molecule has 0 bridgehead atoms. The molecule has 0 N–H and O–H groups in total. The largest absolute Gasteiger partial charge is 0.462 e. The Morgan fingerprint density at radius 3 is 0.797 bits per heavy atom. The molecule has 69 heavy (non-hydrogen) atoms. The van der Waals surface area contributed by atoms with Gasteiger partial charge in [-0.1, -0.05) is 295 Å². The lowest BCUT2D eigenvalue weighted by Gasteiger charge is -2.18. The molecular formula is C63H118O6. The van der Waals surface area contributed by atoms with Crippen LogP contribution in [0.3, 0.4) is 0 Å². The van der Waals surface area contributed by atoms with Gasteiger partial charge in [-0.2, -0.15) is 0 Å². The Morgan fingerprint density at radius 2 is 0.522 bits per heavy atom. The zero-order valence-electron chi connectivity index (χ0n) is 46.6. The summed E-state index contributed by atoms with van der Waals surface area (Å²) in [5.74, 6) is -0.851. The minimum Gasteiger partial charge on any atom is -0.462 e. The molecule has 0 radical (unpaired) electrons. The van der Waals surface area contributed by atoms with Crippen LogP contribution < -0.4 is 0 Å². The molecule has 1 atom stereocenters. The van der Waals surface area contributed by atoms with Crippen LogP contribution in [0.15, 0.2) is 24.3 Å². The van der Waals surface area contributed by atoms with Crippen LogP contribution in [-0.2, 0) is 28.6 Å². The summed E-state index contributed by atoms with van der Waals surface area (Å²) in [5, 5.41) is 0. The molecule has 0 amide bonds. The van der Waals surface area contributed by atoms with Crippen LogP contribution in [0, 0.1) is 0 Å². The van der Waals surface area contributed by atoms with Crippen molar-refractivity contribution >= 4 is 17.9 Å². The molecule has 6 nitrogen and oxygen atoms in total. The minimum atomic E-state index is -0.765. The fourth-order valence-electron chi connectivity index (χ4n) is 9.30. The van der Waals surface area contributed by atoms with Gasteiger partial charge in [0, 0.05) is 19.3 Å². The van der Waals surface area contributed by atoms with Crippen LogP contribution in [-0.4, -0.2) is 37.2 Å². The maximum atomic E-state index is 12.8. The first-order valence-electron chi connectivity index (χ1n) is 30.8. The normalized spacial score (nSPS) is 12.1. The van der Waals surface area contributed by atoms with E-state index >= 15 is 0 Å². The Morgan fingerprint density at radius 1 is 0.290 bits per heavy atom. The highest BCUT2D eigenvalue weighted by Crippen LogP contribution is 2.17. The lowest BCUT2D eigenvalue weighted by Crippen LogP contribution is -2.30. The van der Waals surface area contributed by atoms with E-state index in [0.717, 1.165) is 64.2 Å². The van der Waals surface area contributed by atoms with Gasteiger partial charge < -0.3 is 14.2 Å². The number of esters is 3. The summed E-state index contributed by atoms with van der Waals surface area (Å²) >= 11 is 0. The molecular weight excluding hydrogens is 853 g/mol. The Hall–Kier alpha value is -2.11. The van der Waals surface area contributed by atoms with Gasteiger partial charge in [-0.3, -0.25) is 14.4 Å². The molecule has 0 aromatic carbocycles. The van der Waals surface area contributed by atoms with Crippen molar-refractivity contribution in [3.63, 3.8) is 0 Å². The molecule has 0 heterocycles. The highest BCUT2D eigenvalue weighted by molar-refractivity contribution is 5.71. The zero-order chi connectivity index (χ0) is 50.0. The summed E-state index contributed by atoms with van der Waals surface area (Å²) in [6, 6.07) is 0. The van der Waals surface area contributed by atoms with E-state index in [1.807, 2.05) is 0 Å². The van der Waals surface area contributed by atoms with E-state index in [9.17, 15) is 14.4 Å². The van der Waals surface area contributed by atoms with Gasteiger partial charge in [-0.15, -0.1) is 0 Å². The Bertz CT molecular complexity index is 1110. The van der Waals surface area contributed by atoms with E-state index in [1.54, 1.807) is 0 Å². The molecule has 0 aliphatic carbocycles. The van der Waals surface area contributed by atoms with Crippen LogP contribution in [0.5, 0.6) is 0 Å². The molecule has 0 aliphatic heterocycles. The first kappa shape index (κ1) is 66.9. The summed E-state index contributed by atoms with van der Waals surface area (Å²) in [6.45, 7) is 6.64. The lowest BCUT2D eigenvalue weighted by molar-refractivity contribution is -0.167. The van der Waals surface area contributed by atoms with Gasteiger partial charge in [0.25, 0.3) is 0 Å². The molecule has 0 aromatic heterocycles. The monoisotopic (exact) mass is 971 g/mol. The molecule has 6 heteroatoms. The Balaban J connectivity index is 4.09. The number of carbonyl (C=O) groups is 3. The molecule has 0 saturated heterocycles. The maximum absolute atomic E-state index is 12.8. The third kappa shape index (κ3) is 56.7. The first-order valence-corrected chi connectivity index (χ1v) is 30.8. The van der Waals surface area contributed by atoms with Crippen molar-refractivity contribution < 1.29 is 28.6 Å². The number of hydrogen-bond donors (Lipinski definition) is 0. The Kier molecular flexibility index (Phi) is 56.7. The molecule has 0 saturated carbocycles. The van der Waals surface area contributed by atoms with E-state index in [-0.39, 0.29) is 31.1 Å². The highest BCUT2D eigenvalue weighted by atomic mass is 16.6. The maximum Gasteiger partial charge on any atom is 0.306 e. The second kappa shape index (κ2) is 58.5. The first-order chi connectivity index (χ1) is 34.0. The minimum absolute atomic E-state index is 0.0662. The van der Waals surface area contributed by atoms with Crippen molar-refractivity contribution in [2.75, 3.05) is 13.2 Å². The number of unbranched alkanes of at least 4 members (excludes halogenated alkanes) is 42. The molecule has 0 spiro atoms. The van der Waals surface area contributed by atoms with Gasteiger partial charge in [-0.05, 0) is 51.4 Å². The zero-order valence-corrected chi connectivity index (χ0v) is 46.6. The van der Waals surface area contributed by atoms with Gasteiger partial charge in [0.05, 0.1) is 0 Å². The fourth-order valence-corrected chi connectivity index (χ4v) is 9.30. The number of carbonyl (C=O) groups excluding carboxylic acids is 3. The van der Waals surface area contributed by atoms with Gasteiger partial charge >= 0.3 is 17.9 Å². The second-order valence-electron chi connectivity index (χ2n) is 21.0. The number of rotatable bonds is 57. The van der Waals surface area contributed by atoms with Crippen molar-refractivity contribution in [1.82, 2.24) is 0 Å². The van der Waals surface area contributed by atoms with Crippen LogP contribution in [0.4, 0.5) is 0 Å². The Labute approximate surface area is 430 Å². The van der Waals surface area contributed by atoms with Crippen LogP contribution in [0.1, 0.15) is 342 Å². The lowest BCUT2D eigenvalue weighted by atomic mass is 10.0. The van der Waals surface area contributed by atoms with Crippen LogP contribution in [0.2, 0.25) is 0 Å². The van der Waals surface area contributed by atoms with E-state index in [4.69, 9.17) is 14.2 Å². The smallest absolute Gasteiger partial charge is 0.306 e. The topological polar surface area (TPSA) is 78.9 Å². The summed E-state index contributed by atoms with van der Waals surface area (Å²) in [4.78, 5) is 38.0. The van der Waals surface area contributed by atoms with Crippen molar-refractivity contribution in [1.29, 1.82) is 0 Å². The average Bonchev–Trinajstić information content (AvgIpc) is 3.35. The van der Waals surface area contributed by atoms with Gasteiger partial charge in [0.1, 0.15) is 13.2 Å². The molecule has 0 rings (SSSR count).